The van der Waals surface area contributed by atoms with Crippen molar-refractivity contribution in [3.05, 3.63) is 29.3 Å². The molecule has 0 radical (unpaired) electrons. The van der Waals surface area contributed by atoms with Gasteiger partial charge in [0.25, 0.3) is 5.91 Å². The van der Waals surface area contributed by atoms with E-state index in [0.717, 1.165) is 23.3 Å². The lowest BCUT2D eigenvalue weighted by atomic mass is 10.1. The van der Waals surface area contributed by atoms with Gasteiger partial charge in [0.2, 0.25) is 0 Å². The second-order valence-corrected chi connectivity index (χ2v) is 5.81. The molecular formula is C17H24N2O3. The minimum absolute atomic E-state index is 0.113. The van der Waals surface area contributed by atoms with Crippen LogP contribution in [0.25, 0.3) is 0 Å². The van der Waals surface area contributed by atoms with Crippen molar-refractivity contribution in [3.8, 4) is 5.75 Å². The fourth-order valence-electron chi connectivity index (χ4n) is 2.70. The van der Waals surface area contributed by atoms with E-state index in [4.69, 9.17) is 4.74 Å². The Morgan fingerprint density at radius 3 is 2.50 bits per heavy atom. The minimum atomic E-state index is -0.349. The zero-order valence-electron chi connectivity index (χ0n) is 13.5. The van der Waals surface area contributed by atoms with Gasteiger partial charge in [0, 0.05) is 6.54 Å². The lowest BCUT2D eigenvalue weighted by Crippen LogP contribution is -2.33. The molecule has 1 aliphatic heterocycles. The van der Waals surface area contributed by atoms with Crippen molar-refractivity contribution in [2.24, 2.45) is 0 Å². The quantitative estimate of drug-likeness (QED) is 0.622. The number of urea groups is 1. The van der Waals surface area contributed by atoms with Crippen LogP contribution in [0.2, 0.25) is 0 Å². The molecule has 2 rings (SSSR count). The van der Waals surface area contributed by atoms with Gasteiger partial charge in [-0.2, -0.15) is 0 Å². The Morgan fingerprint density at radius 1 is 1.18 bits per heavy atom. The maximum Gasteiger partial charge on any atom is 0.324 e. The molecule has 5 nitrogen and oxygen atoms in total. The molecule has 0 bridgehead atoms. The van der Waals surface area contributed by atoms with Crippen LogP contribution in [-0.4, -0.2) is 36.0 Å². The topological polar surface area (TPSA) is 58.6 Å². The van der Waals surface area contributed by atoms with E-state index < -0.39 is 0 Å². The average molecular weight is 304 g/mol. The summed E-state index contributed by atoms with van der Waals surface area (Å²) in [4.78, 5) is 25.1. The molecule has 1 aromatic rings. The van der Waals surface area contributed by atoms with Crippen molar-refractivity contribution in [1.82, 2.24) is 10.2 Å². The third kappa shape index (κ3) is 4.00. The van der Waals surface area contributed by atoms with Gasteiger partial charge in [-0.25, -0.2) is 4.79 Å². The average Bonchev–Trinajstić information content (AvgIpc) is 2.70. The Hall–Kier alpha value is -2.04. The molecule has 0 saturated carbocycles. The van der Waals surface area contributed by atoms with Crippen LogP contribution >= 0.6 is 0 Å². The van der Waals surface area contributed by atoms with Crippen molar-refractivity contribution < 1.29 is 14.3 Å². The molecule has 0 aromatic heterocycles. The number of aryl methyl sites for hydroxylation is 2. The fourth-order valence-corrected chi connectivity index (χ4v) is 2.70. The van der Waals surface area contributed by atoms with E-state index in [1.165, 1.54) is 4.90 Å². The maximum atomic E-state index is 12.1. The van der Waals surface area contributed by atoms with E-state index in [1.807, 2.05) is 32.9 Å². The number of carbonyl (C=O) groups is 2. The molecule has 120 valence electrons. The van der Waals surface area contributed by atoms with Crippen molar-refractivity contribution in [2.75, 3.05) is 13.2 Å². The lowest BCUT2D eigenvalue weighted by molar-refractivity contribution is -0.127. The van der Waals surface area contributed by atoms with Crippen LogP contribution < -0.4 is 10.1 Å². The number of ether oxygens (including phenoxy) is 1. The lowest BCUT2D eigenvalue weighted by Gasteiger charge is -2.13. The van der Waals surface area contributed by atoms with Gasteiger partial charge in [-0.1, -0.05) is 19.4 Å². The van der Waals surface area contributed by atoms with Gasteiger partial charge >= 0.3 is 6.03 Å². The number of benzene rings is 1. The SMILES string of the molecule is CCCC1NC(=O)N(CCCOc2cc(C)cc(C)c2)C1=O. The van der Waals surface area contributed by atoms with Crippen LogP contribution in [0.5, 0.6) is 5.75 Å². The summed E-state index contributed by atoms with van der Waals surface area (Å²) in [6.45, 7) is 6.94. The number of hydrogen-bond donors (Lipinski definition) is 1. The first-order chi connectivity index (χ1) is 10.5. The van der Waals surface area contributed by atoms with E-state index in [-0.39, 0.29) is 18.0 Å². The molecule has 1 aliphatic rings. The van der Waals surface area contributed by atoms with Gasteiger partial charge in [-0.05, 0) is 49.9 Å². The smallest absolute Gasteiger partial charge is 0.324 e. The zero-order chi connectivity index (χ0) is 16.1. The third-order valence-electron chi connectivity index (χ3n) is 3.67. The number of rotatable bonds is 7. The largest absolute Gasteiger partial charge is 0.494 e. The predicted molar refractivity (Wildman–Crippen MR) is 85.0 cm³/mol. The molecule has 1 unspecified atom stereocenters. The first-order valence-electron chi connectivity index (χ1n) is 7.84. The van der Waals surface area contributed by atoms with Gasteiger partial charge in [-0.3, -0.25) is 9.69 Å². The number of imide groups is 1. The van der Waals surface area contributed by atoms with Crippen molar-refractivity contribution >= 4 is 11.9 Å². The maximum absolute atomic E-state index is 12.1. The summed E-state index contributed by atoms with van der Waals surface area (Å²) in [6.07, 6.45) is 2.20. The normalized spacial score (nSPS) is 17.8. The highest BCUT2D eigenvalue weighted by Crippen LogP contribution is 2.17. The summed E-state index contributed by atoms with van der Waals surface area (Å²) in [5, 5.41) is 2.72. The van der Waals surface area contributed by atoms with Gasteiger partial charge in [0.15, 0.2) is 0 Å². The Bertz CT molecular complexity index is 537. The molecule has 1 atom stereocenters. The van der Waals surface area contributed by atoms with Crippen LogP contribution in [0.15, 0.2) is 18.2 Å². The standard InChI is InChI=1S/C17H24N2O3/c1-4-6-15-16(20)19(17(21)18-15)7-5-8-22-14-10-12(2)9-13(3)11-14/h9-11,15H,4-8H2,1-3H3,(H,18,21). The minimum Gasteiger partial charge on any atom is -0.494 e. The molecule has 5 heteroatoms. The summed E-state index contributed by atoms with van der Waals surface area (Å²) in [6, 6.07) is 5.43. The van der Waals surface area contributed by atoms with Crippen LogP contribution in [-0.2, 0) is 4.79 Å². The Kier molecular flexibility index (Phi) is 5.41. The first-order valence-corrected chi connectivity index (χ1v) is 7.84. The number of carbonyl (C=O) groups excluding carboxylic acids is 2. The molecule has 3 amide bonds. The van der Waals surface area contributed by atoms with E-state index in [2.05, 4.69) is 11.4 Å². The molecule has 1 heterocycles. The van der Waals surface area contributed by atoms with Crippen LogP contribution in [0, 0.1) is 13.8 Å². The Balaban J connectivity index is 1.79. The predicted octanol–water partition coefficient (Wildman–Crippen LogP) is 2.79. The van der Waals surface area contributed by atoms with Gasteiger partial charge < -0.3 is 10.1 Å². The fraction of sp³-hybridized carbons (Fsp3) is 0.529. The molecule has 0 spiro atoms. The molecule has 22 heavy (non-hydrogen) atoms. The second-order valence-electron chi connectivity index (χ2n) is 5.81. The molecular weight excluding hydrogens is 280 g/mol. The summed E-state index contributed by atoms with van der Waals surface area (Å²) >= 11 is 0. The third-order valence-corrected chi connectivity index (χ3v) is 3.67. The van der Waals surface area contributed by atoms with Gasteiger partial charge in [-0.15, -0.1) is 0 Å². The molecule has 1 saturated heterocycles. The van der Waals surface area contributed by atoms with Crippen molar-refractivity contribution in [1.29, 1.82) is 0 Å². The highest BCUT2D eigenvalue weighted by Gasteiger charge is 2.36. The van der Waals surface area contributed by atoms with E-state index in [9.17, 15) is 9.59 Å². The highest BCUT2D eigenvalue weighted by atomic mass is 16.5. The summed E-state index contributed by atoms with van der Waals surface area (Å²) < 4.78 is 5.70. The first kappa shape index (κ1) is 16.3. The van der Waals surface area contributed by atoms with E-state index in [0.29, 0.717) is 26.0 Å². The molecule has 1 N–H and O–H groups in total. The molecule has 0 aliphatic carbocycles. The molecule has 1 aromatic carbocycles. The number of hydrogen-bond acceptors (Lipinski definition) is 3. The number of nitrogens with one attached hydrogen (secondary N) is 1. The van der Waals surface area contributed by atoms with Gasteiger partial charge in [0.05, 0.1) is 6.61 Å². The Morgan fingerprint density at radius 2 is 1.86 bits per heavy atom. The summed E-state index contributed by atoms with van der Waals surface area (Å²) in [7, 11) is 0. The summed E-state index contributed by atoms with van der Waals surface area (Å²) in [5.74, 6) is 0.719. The van der Waals surface area contributed by atoms with Crippen molar-refractivity contribution in [2.45, 2.75) is 46.1 Å². The number of amides is 3. The zero-order valence-corrected chi connectivity index (χ0v) is 13.5. The number of nitrogens with zero attached hydrogens (tertiary/aromatic N) is 1. The van der Waals surface area contributed by atoms with Crippen LogP contribution in [0.1, 0.15) is 37.3 Å². The van der Waals surface area contributed by atoms with Gasteiger partial charge in [0.1, 0.15) is 11.8 Å². The highest BCUT2D eigenvalue weighted by molar-refractivity contribution is 6.04. The monoisotopic (exact) mass is 304 g/mol. The van der Waals surface area contributed by atoms with Crippen LogP contribution in [0.4, 0.5) is 4.79 Å². The van der Waals surface area contributed by atoms with E-state index in [1.54, 1.807) is 0 Å². The van der Waals surface area contributed by atoms with E-state index >= 15 is 0 Å². The molecule has 1 fully saturated rings. The second kappa shape index (κ2) is 7.29. The van der Waals surface area contributed by atoms with Crippen molar-refractivity contribution in [3.63, 3.8) is 0 Å². The Labute approximate surface area is 131 Å². The van der Waals surface area contributed by atoms with Crippen LogP contribution in [0.3, 0.4) is 0 Å². The summed E-state index contributed by atoms with van der Waals surface area (Å²) in [5.41, 5.74) is 2.32.